The predicted octanol–water partition coefficient (Wildman–Crippen LogP) is 3.84. The van der Waals surface area contributed by atoms with Gasteiger partial charge in [0.25, 0.3) is 0 Å². The predicted molar refractivity (Wildman–Crippen MR) is 88.6 cm³/mol. The fourth-order valence-electron chi connectivity index (χ4n) is 1.93. The first-order chi connectivity index (χ1) is 10.7. The third-order valence-corrected chi connectivity index (χ3v) is 5.21. The zero-order chi connectivity index (χ0) is 15.4. The number of amides is 1. The summed E-state index contributed by atoms with van der Waals surface area (Å²) in [5.74, 6) is -0.164. The molecule has 0 atom stereocenters. The van der Waals surface area contributed by atoms with E-state index in [2.05, 4.69) is 10.3 Å². The van der Waals surface area contributed by atoms with Crippen molar-refractivity contribution in [2.24, 2.45) is 0 Å². The van der Waals surface area contributed by atoms with Crippen LogP contribution in [0.3, 0.4) is 0 Å². The number of nitrogens with one attached hydrogen (secondary N) is 1. The molecular formula is C16H13FN2OS2. The Bertz CT molecular complexity index is 770. The lowest BCUT2D eigenvalue weighted by Gasteiger charge is -2.05. The number of thioether (sulfide) groups is 1. The van der Waals surface area contributed by atoms with Crippen LogP contribution < -0.4 is 5.32 Å². The van der Waals surface area contributed by atoms with Crippen molar-refractivity contribution in [2.75, 3.05) is 5.75 Å². The minimum absolute atomic E-state index is 0.132. The van der Waals surface area contributed by atoms with Gasteiger partial charge in [-0.1, -0.05) is 42.1 Å². The molecule has 2 aromatic carbocycles. The molecule has 1 amide bonds. The largest absolute Gasteiger partial charge is 0.351 e. The van der Waals surface area contributed by atoms with E-state index in [1.807, 2.05) is 24.3 Å². The standard InChI is InChI=1S/C16H13FN2OS2/c17-12-6-2-1-5-11(12)9-18-15(20)10-21-16-19-13-7-3-4-8-14(13)22-16/h1-8H,9-10H2,(H,18,20). The van der Waals surface area contributed by atoms with Crippen molar-refractivity contribution in [3.63, 3.8) is 0 Å². The Labute approximate surface area is 135 Å². The van der Waals surface area contributed by atoms with Gasteiger partial charge < -0.3 is 5.32 Å². The summed E-state index contributed by atoms with van der Waals surface area (Å²) in [4.78, 5) is 16.3. The second-order valence-corrected chi connectivity index (χ2v) is 6.86. The fraction of sp³-hybridized carbons (Fsp3) is 0.125. The van der Waals surface area contributed by atoms with Gasteiger partial charge in [-0.3, -0.25) is 4.79 Å². The first kappa shape index (κ1) is 15.0. The molecule has 0 bridgehead atoms. The van der Waals surface area contributed by atoms with Crippen molar-refractivity contribution < 1.29 is 9.18 Å². The van der Waals surface area contributed by atoms with Crippen molar-refractivity contribution >= 4 is 39.2 Å². The van der Waals surface area contributed by atoms with E-state index >= 15 is 0 Å². The minimum Gasteiger partial charge on any atom is -0.351 e. The molecule has 1 N–H and O–H groups in total. The molecule has 1 aromatic heterocycles. The van der Waals surface area contributed by atoms with E-state index in [0.717, 1.165) is 14.6 Å². The van der Waals surface area contributed by atoms with E-state index in [0.29, 0.717) is 5.56 Å². The molecule has 0 radical (unpaired) electrons. The average molecular weight is 332 g/mol. The van der Waals surface area contributed by atoms with Crippen molar-refractivity contribution in [3.8, 4) is 0 Å². The van der Waals surface area contributed by atoms with Crippen LogP contribution in [-0.4, -0.2) is 16.6 Å². The summed E-state index contributed by atoms with van der Waals surface area (Å²) >= 11 is 2.96. The molecule has 0 fully saturated rings. The summed E-state index contributed by atoms with van der Waals surface area (Å²) < 4.78 is 15.4. The number of fused-ring (bicyclic) bond motifs is 1. The van der Waals surface area contributed by atoms with Gasteiger partial charge in [0.1, 0.15) is 5.82 Å². The molecule has 1 heterocycles. The van der Waals surface area contributed by atoms with Crippen LogP contribution in [0.5, 0.6) is 0 Å². The van der Waals surface area contributed by atoms with Gasteiger partial charge in [-0.15, -0.1) is 11.3 Å². The smallest absolute Gasteiger partial charge is 0.230 e. The molecule has 112 valence electrons. The molecule has 0 spiro atoms. The van der Waals surface area contributed by atoms with E-state index in [1.54, 1.807) is 29.5 Å². The number of carbonyl (C=O) groups is 1. The lowest BCUT2D eigenvalue weighted by atomic mass is 10.2. The van der Waals surface area contributed by atoms with Gasteiger partial charge in [-0.25, -0.2) is 9.37 Å². The first-order valence-corrected chi connectivity index (χ1v) is 8.51. The quantitative estimate of drug-likeness (QED) is 0.722. The summed E-state index contributed by atoms with van der Waals surface area (Å²) in [5, 5.41) is 2.72. The highest BCUT2D eigenvalue weighted by atomic mass is 32.2. The third-order valence-electron chi connectivity index (χ3n) is 3.03. The average Bonchev–Trinajstić information content (AvgIpc) is 2.95. The lowest BCUT2D eigenvalue weighted by Crippen LogP contribution is -2.24. The van der Waals surface area contributed by atoms with E-state index in [1.165, 1.54) is 17.8 Å². The maximum Gasteiger partial charge on any atom is 0.230 e. The minimum atomic E-state index is -0.304. The number of halogens is 1. The Morgan fingerprint density at radius 3 is 2.77 bits per heavy atom. The summed E-state index contributed by atoms with van der Waals surface area (Å²) in [6.07, 6.45) is 0. The van der Waals surface area contributed by atoms with Crippen molar-refractivity contribution in [1.29, 1.82) is 0 Å². The van der Waals surface area contributed by atoms with E-state index in [-0.39, 0.29) is 24.0 Å². The molecule has 0 aliphatic carbocycles. The molecular weight excluding hydrogens is 319 g/mol. The van der Waals surface area contributed by atoms with Gasteiger partial charge in [0, 0.05) is 12.1 Å². The molecule has 3 aromatic rings. The first-order valence-electron chi connectivity index (χ1n) is 6.71. The molecule has 3 rings (SSSR count). The molecule has 0 aliphatic heterocycles. The van der Waals surface area contributed by atoms with Crippen LogP contribution in [0.1, 0.15) is 5.56 Å². The van der Waals surface area contributed by atoms with Crippen LogP contribution in [0.4, 0.5) is 4.39 Å². The van der Waals surface area contributed by atoms with Crippen molar-refractivity contribution in [2.45, 2.75) is 10.9 Å². The number of benzene rings is 2. The summed E-state index contributed by atoms with van der Waals surface area (Å²) in [6.45, 7) is 0.200. The summed E-state index contributed by atoms with van der Waals surface area (Å²) in [5.41, 5.74) is 1.43. The van der Waals surface area contributed by atoms with Gasteiger partial charge >= 0.3 is 0 Å². The van der Waals surface area contributed by atoms with Gasteiger partial charge in [0.05, 0.1) is 16.0 Å². The molecule has 3 nitrogen and oxygen atoms in total. The van der Waals surface area contributed by atoms with Crippen LogP contribution in [-0.2, 0) is 11.3 Å². The number of carbonyl (C=O) groups excluding carboxylic acids is 1. The molecule has 0 saturated carbocycles. The zero-order valence-corrected chi connectivity index (χ0v) is 13.2. The van der Waals surface area contributed by atoms with Crippen LogP contribution >= 0.6 is 23.1 Å². The Kier molecular flexibility index (Phi) is 4.70. The van der Waals surface area contributed by atoms with E-state index in [9.17, 15) is 9.18 Å². The van der Waals surface area contributed by atoms with Gasteiger partial charge in [0.15, 0.2) is 4.34 Å². The molecule has 6 heteroatoms. The van der Waals surface area contributed by atoms with Crippen LogP contribution in [0.25, 0.3) is 10.2 Å². The normalized spacial score (nSPS) is 10.8. The topological polar surface area (TPSA) is 42.0 Å². The number of aromatic nitrogens is 1. The Hall–Kier alpha value is -1.92. The summed E-state index contributed by atoms with van der Waals surface area (Å²) in [6, 6.07) is 14.3. The fourth-order valence-corrected chi connectivity index (χ4v) is 3.83. The Balaban J connectivity index is 1.53. The number of rotatable bonds is 5. The molecule has 0 saturated heterocycles. The Morgan fingerprint density at radius 2 is 1.95 bits per heavy atom. The monoisotopic (exact) mass is 332 g/mol. The van der Waals surface area contributed by atoms with E-state index in [4.69, 9.17) is 0 Å². The van der Waals surface area contributed by atoms with Crippen molar-refractivity contribution in [1.82, 2.24) is 10.3 Å². The van der Waals surface area contributed by atoms with Gasteiger partial charge in [-0.2, -0.15) is 0 Å². The molecule has 0 aliphatic rings. The number of para-hydroxylation sites is 1. The van der Waals surface area contributed by atoms with E-state index < -0.39 is 0 Å². The number of thiazole rings is 1. The van der Waals surface area contributed by atoms with Crippen LogP contribution in [0, 0.1) is 5.82 Å². The third kappa shape index (κ3) is 3.64. The zero-order valence-electron chi connectivity index (χ0n) is 11.6. The number of hydrogen-bond donors (Lipinski definition) is 1. The Morgan fingerprint density at radius 1 is 1.18 bits per heavy atom. The van der Waals surface area contributed by atoms with Gasteiger partial charge in [-0.05, 0) is 18.2 Å². The maximum absolute atomic E-state index is 13.4. The second-order valence-electron chi connectivity index (χ2n) is 4.60. The van der Waals surface area contributed by atoms with Crippen molar-refractivity contribution in [3.05, 3.63) is 59.9 Å². The molecule has 22 heavy (non-hydrogen) atoms. The maximum atomic E-state index is 13.4. The highest BCUT2D eigenvalue weighted by Crippen LogP contribution is 2.29. The lowest BCUT2D eigenvalue weighted by molar-refractivity contribution is -0.118. The highest BCUT2D eigenvalue weighted by Gasteiger charge is 2.08. The number of hydrogen-bond acceptors (Lipinski definition) is 4. The second kappa shape index (κ2) is 6.89. The van der Waals surface area contributed by atoms with Gasteiger partial charge in [0.2, 0.25) is 5.91 Å². The molecule has 0 unspecified atom stereocenters. The van der Waals surface area contributed by atoms with Crippen LogP contribution in [0.2, 0.25) is 0 Å². The van der Waals surface area contributed by atoms with Crippen LogP contribution in [0.15, 0.2) is 52.9 Å². The summed E-state index contributed by atoms with van der Waals surface area (Å²) in [7, 11) is 0. The SMILES string of the molecule is O=C(CSc1nc2ccccc2s1)NCc1ccccc1F. The number of nitrogens with zero attached hydrogens (tertiary/aromatic N) is 1. The highest BCUT2D eigenvalue weighted by molar-refractivity contribution is 8.01.